The van der Waals surface area contributed by atoms with Gasteiger partial charge in [0.25, 0.3) is 0 Å². The van der Waals surface area contributed by atoms with Crippen LogP contribution >= 0.6 is 11.3 Å². The van der Waals surface area contributed by atoms with Gasteiger partial charge in [-0.05, 0) is 37.6 Å². The smallest absolute Gasteiger partial charge is 0.387 e. The number of benzene rings is 1. The molecule has 0 aliphatic carbocycles. The predicted octanol–water partition coefficient (Wildman–Crippen LogP) is 4.27. The Hall–Kier alpha value is -2.48. The van der Waals surface area contributed by atoms with E-state index in [0.29, 0.717) is 16.1 Å². The number of allylic oxidation sites excluding steroid dienone is 1. The number of alkyl halides is 2. The highest BCUT2D eigenvalue weighted by molar-refractivity contribution is 7.13. The Bertz CT molecular complexity index is 777. The number of aromatic nitrogens is 1. The molecule has 25 heavy (non-hydrogen) atoms. The van der Waals surface area contributed by atoms with Crippen molar-refractivity contribution in [1.82, 2.24) is 4.98 Å². The summed E-state index contributed by atoms with van der Waals surface area (Å²) >= 11 is 1.32. The van der Waals surface area contributed by atoms with Crippen molar-refractivity contribution in [2.24, 2.45) is 0 Å². The summed E-state index contributed by atoms with van der Waals surface area (Å²) in [5.74, 6) is -0.223. The second-order valence-electron chi connectivity index (χ2n) is 4.98. The van der Waals surface area contributed by atoms with Gasteiger partial charge in [-0.25, -0.2) is 4.98 Å². The van der Waals surface area contributed by atoms with E-state index < -0.39 is 6.61 Å². The van der Waals surface area contributed by atoms with Crippen LogP contribution in [-0.4, -0.2) is 31.6 Å². The summed E-state index contributed by atoms with van der Waals surface area (Å²) in [7, 11) is 2.66. The molecule has 1 aromatic carbocycles. The van der Waals surface area contributed by atoms with Gasteiger partial charge >= 0.3 is 6.61 Å². The highest BCUT2D eigenvalue weighted by atomic mass is 32.1. The molecule has 0 radical (unpaired) electrons. The monoisotopic (exact) mass is 369 g/mol. The first kappa shape index (κ1) is 18.9. The van der Waals surface area contributed by atoms with Crippen molar-refractivity contribution in [3.8, 4) is 17.2 Å². The number of ketones is 1. The van der Waals surface area contributed by atoms with Crippen LogP contribution in [0.25, 0.3) is 6.08 Å². The Labute approximate surface area is 147 Å². The molecule has 0 bridgehead atoms. The van der Waals surface area contributed by atoms with Crippen molar-refractivity contribution in [3.63, 3.8) is 0 Å². The number of carbonyl (C=O) groups is 1. The molecule has 0 aliphatic heterocycles. The second kappa shape index (κ2) is 8.06. The van der Waals surface area contributed by atoms with E-state index in [0.717, 1.165) is 5.01 Å². The average molecular weight is 369 g/mol. The van der Waals surface area contributed by atoms with Crippen LogP contribution in [-0.2, 0) is 0 Å². The molecule has 0 amide bonds. The van der Waals surface area contributed by atoms with E-state index in [9.17, 15) is 13.6 Å². The van der Waals surface area contributed by atoms with Crippen molar-refractivity contribution in [2.75, 3.05) is 14.2 Å². The normalized spacial score (nSPS) is 11.2. The lowest BCUT2D eigenvalue weighted by molar-refractivity contribution is -0.0526. The summed E-state index contributed by atoms with van der Waals surface area (Å²) in [6.07, 6.45) is 2.94. The summed E-state index contributed by atoms with van der Waals surface area (Å²) in [5.41, 5.74) is 1.22. The first-order valence-corrected chi connectivity index (χ1v) is 8.04. The fourth-order valence-electron chi connectivity index (χ4n) is 2.21. The van der Waals surface area contributed by atoms with E-state index in [1.54, 1.807) is 13.0 Å². The zero-order valence-electron chi connectivity index (χ0n) is 14.1. The van der Waals surface area contributed by atoms with Crippen LogP contribution in [0, 0.1) is 13.8 Å². The number of halogens is 2. The van der Waals surface area contributed by atoms with Crippen molar-refractivity contribution in [2.45, 2.75) is 20.5 Å². The first-order valence-electron chi connectivity index (χ1n) is 7.23. The van der Waals surface area contributed by atoms with Gasteiger partial charge in [0.15, 0.2) is 17.3 Å². The van der Waals surface area contributed by atoms with E-state index in [2.05, 4.69) is 9.72 Å². The molecular formula is C17H17F2NO4S. The van der Waals surface area contributed by atoms with Gasteiger partial charge < -0.3 is 14.2 Å². The number of aryl methyl sites for hydroxylation is 2. The molecule has 0 saturated heterocycles. The van der Waals surface area contributed by atoms with Gasteiger partial charge in [0, 0.05) is 0 Å². The van der Waals surface area contributed by atoms with Crippen molar-refractivity contribution in [3.05, 3.63) is 39.4 Å². The van der Waals surface area contributed by atoms with Crippen molar-refractivity contribution >= 4 is 23.2 Å². The van der Waals surface area contributed by atoms with Crippen LogP contribution in [0.5, 0.6) is 17.2 Å². The van der Waals surface area contributed by atoms with Crippen LogP contribution in [0.4, 0.5) is 8.78 Å². The Morgan fingerprint density at radius 1 is 1.20 bits per heavy atom. The van der Waals surface area contributed by atoms with E-state index in [1.165, 1.54) is 43.8 Å². The number of carbonyl (C=O) groups excluding carboxylic acids is 1. The molecule has 5 nitrogen and oxygen atoms in total. The number of hydrogen-bond donors (Lipinski definition) is 0. The third-order valence-corrected chi connectivity index (χ3v) is 4.33. The maximum atomic E-state index is 12.5. The number of hydrogen-bond acceptors (Lipinski definition) is 6. The molecule has 0 fully saturated rings. The highest BCUT2D eigenvalue weighted by Crippen LogP contribution is 2.39. The van der Waals surface area contributed by atoms with Crippen molar-refractivity contribution in [1.29, 1.82) is 0 Å². The molecule has 1 aromatic heterocycles. The van der Waals surface area contributed by atoms with Crippen LogP contribution in [0.2, 0.25) is 0 Å². The third-order valence-electron chi connectivity index (χ3n) is 3.24. The van der Waals surface area contributed by atoms with Gasteiger partial charge in [-0.3, -0.25) is 4.79 Å². The summed E-state index contributed by atoms with van der Waals surface area (Å²) in [6.45, 7) is 0.589. The number of methoxy groups -OCH3 is 2. The lowest BCUT2D eigenvalue weighted by Gasteiger charge is -2.14. The molecule has 0 saturated carbocycles. The van der Waals surface area contributed by atoms with Gasteiger partial charge in [-0.2, -0.15) is 8.78 Å². The topological polar surface area (TPSA) is 57.7 Å². The number of nitrogens with zero attached hydrogens (tertiary/aromatic N) is 1. The van der Waals surface area contributed by atoms with Crippen LogP contribution in [0.15, 0.2) is 18.2 Å². The van der Waals surface area contributed by atoms with Gasteiger partial charge in [0.05, 0.1) is 29.8 Å². The minimum absolute atomic E-state index is 0.0802. The standard InChI is InChI=1S/C17H17F2NO4S/c1-9-16(25-10(2)20-9)12(21)6-5-11-7-13(22-3)15(24-17(18)19)14(8-11)23-4/h5-8,17H,1-4H3. The number of rotatable bonds is 7. The Kier molecular flexibility index (Phi) is 6.08. The SMILES string of the molecule is COc1cc(C=CC(=O)c2sc(C)nc2C)cc(OC)c1OC(F)F. The van der Waals surface area contributed by atoms with E-state index >= 15 is 0 Å². The number of thiazole rings is 1. The average Bonchev–Trinajstić information content (AvgIpc) is 2.91. The molecule has 0 spiro atoms. The van der Waals surface area contributed by atoms with E-state index in [-0.39, 0.29) is 23.0 Å². The quantitative estimate of drug-likeness (QED) is 0.539. The Morgan fingerprint density at radius 2 is 1.80 bits per heavy atom. The molecule has 1 heterocycles. The summed E-state index contributed by atoms with van der Waals surface area (Å²) in [4.78, 5) is 17.0. The van der Waals surface area contributed by atoms with Gasteiger partial charge in [-0.15, -0.1) is 11.3 Å². The fraction of sp³-hybridized carbons (Fsp3) is 0.294. The lowest BCUT2D eigenvalue weighted by Crippen LogP contribution is -2.05. The molecule has 0 aliphatic rings. The fourth-order valence-corrected chi connectivity index (χ4v) is 3.05. The molecule has 0 atom stereocenters. The highest BCUT2D eigenvalue weighted by Gasteiger charge is 2.18. The zero-order valence-corrected chi connectivity index (χ0v) is 14.9. The summed E-state index contributed by atoms with van der Waals surface area (Å²) in [5, 5.41) is 0.811. The predicted molar refractivity (Wildman–Crippen MR) is 91.1 cm³/mol. The van der Waals surface area contributed by atoms with Gasteiger partial charge in [-0.1, -0.05) is 6.08 Å². The van der Waals surface area contributed by atoms with E-state index in [4.69, 9.17) is 9.47 Å². The largest absolute Gasteiger partial charge is 0.493 e. The molecule has 0 N–H and O–H groups in total. The second-order valence-corrected chi connectivity index (χ2v) is 6.18. The minimum Gasteiger partial charge on any atom is -0.493 e. The maximum Gasteiger partial charge on any atom is 0.387 e. The molecule has 2 rings (SSSR count). The summed E-state index contributed by atoms with van der Waals surface area (Å²) < 4.78 is 39.7. The minimum atomic E-state index is -3.01. The zero-order chi connectivity index (χ0) is 18.6. The van der Waals surface area contributed by atoms with Crippen molar-refractivity contribution < 1.29 is 27.8 Å². The Balaban J connectivity index is 2.33. The number of ether oxygens (including phenoxy) is 3. The van der Waals surface area contributed by atoms with E-state index in [1.807, 2.05) is 6.92 Å². The molecular weight excluding hydrogens is 352 g/mol. The van der Waals surface area contributed by atoms with Crippen LogP contribution < -0.4 is 14.2 Å². The van der Waals surface area contributed by atoms with Crippen LogP contribution in [0.1, 0.15) is 25.9 Å². The molecule has 0 unspecified atom stereocenters. The van der Waals surface area contributed by atoms with Gasteiger partial charge in [0.1, 0.15) is 0 Å². The lowest BCUT2D eigenvalue weighted by atomic mass is 10.1. The van der Waals surface area contributed by atoms with Crippen LogP contribution in [0.3, 0.4) is 0 Å². The molecule has 134 valence electrons. The maximum absolute atomic E-state index is 12.5. The summed E-state index contributed by atoms with van der Waals surface area (Å²) in [6, 6.07) is 2.96. The third kappa shape index (κ3) is 4.54. The molecule has 8 heteroatoms. The van der Waals surface area contributed by atoms with Gasteiger partial charge in [0.2, 0.25) is 5.75 Å². The Morgan fingerprint density at radius 3 is 2.24 bits per heavy atom. The first-order chi connectivity index (χ1) is 11.8. The molecule has 2 aromatic rings.